The molecular weight excluding hydrogens is 622 g/mol. The minimum atomic E-state index is -4.13. The van der Waals surface area contributed by atoms with E-state index >= 15 is 0 Å². The summed E-state index contributed by atoms with van der Waals surface area (Å²) in [7, 11) is 1.00. The van der Waals surface area contributed by atoms with Gasteiger partial charge in [0.2, 0.25) is 5.91 Å². The first-order chi connectivity index (χ1) is 21.5. The van der Waals surface area contributed by atoms with Crippen LogP contribution in [0, 0.1) is 5.53 Å². The number of halogens is 1. The van der Waals surface area contributed by atoms with Gasteiger partial charge in [-0.25, -0.2) is 22.9 Å². The van der Waals surface area contributed by atoms with Crippen LogP contribution in [0.4, 0.5) is 17.4 Å². The smallest absolute Gasteiger partial charge is 0.332 e. The molecule has 14 nitrogen and oxygen atoms in total. The summed E-state index contributed by atoms with van der Waals surface area (Å²) in [6, 6.07) is 20.0. The molecule has 232 valence electrons. The zero-order valence-corrected chi connectivity index (χ0v) is 26.2. The molecule has 2 aromatic heterocycles. The van der Waals surface area contributed by atoms with E-state index in [0.717, 1.165) is 9.99 Å². The highest BCUT2D eigenvalue weighted by molar-refractivity contribution is 7.92. The van der Waals surface area contributed by atoms with E-state index in [1.54, 1.807) is 28.9 Å². The second kappa shape index (κ2) is 12.8. The Morgan fingerprint density at radius 2 is 1.78 bits per heavy atom. The Bertz CT molecular complexity index is 1960. The summed E-state index contributed by atoms with van der Waals surface area (Å²) in [4.78, 5) is 13.2. The highest BCUT2D eigenvalue weighted by Gasteiger charge is 2.30. The average molecular weight is 650 g/mol. The Hall–Kier alpha value is -5.28. The SMILES string of the molecule is CC(=O)Nc1ccc(S(=O)(=O)N(C)c2nnc(-c3nn(-c4cccc(Cl)c4)c(-c4ccc(N(C)C)cc4)c3OCN=N)o2)cc1. The number of hydrogen-bond donors (Lipinski definition) is 2. The first-order valence-electron chi connectivity index (χ1n) is 13.3. The van der Waals surface area contributed by atoms with Gasteiger partial charge in [-0.3, -0.25) is 4.79 Å². The quantitative estimate of drug-likeness (QED) is 0.176. The number of anilines is 3. The van der Waals surface area contributed by atoms with Gasteiger partial charge in [0, 0.05) is 50.0 Å². The Morgan fingerprint density at radius 3 is 2.40 bits per heavy atom. The molecule has 0 saturated heterocycles. The van der Waals surface area contributed by atoms with Gasteiger partial charge in [-0.05, 0) is 54.6 Å². The third-order valence-electron chi connectivity index (χ3n) is 6.54. The Morgan fingerprint density at radius 1 is 1.07 bits per heavy atom. The summed E-state index contributed by atoms with van der Waals surface area (Å²) in [5, 5.41) is 19.2. The average Bonchev–Trinajstić information content (AvgIpc) is 3.65. The van der Waals surface area contributed by atoms with E-state index in [0.29, 0.717) is 27.7 Å². The highest BCUT2D eigenvalue weighted by atomic mass is 35.5. The number of nitrogens with zero attached hydrogens (tertiary/aromatic N) is 7. The van der Waals surface area contributed by atoms with Crippen molar-refractivity contribution in [1.29, 1.82) is 5.53 Å². The van der Waals surface area contributed by atoms with Gasteiger partial charge >= 0.3 is 6.01 Å². The minimum Gasteiger partial charge on any atom is -0.465 e. The third kappa shape index (κ3) is 6.49. The van der Waals surface area contributed by atoms with Gasteiger partial charge in [-0.1, -0.05) is 34.9 Å². The van der Waals surface area contributed by atoms with Crippen molar-refractivity contribution in [1.82, 2.24) is 20.0 Å². The number of ether oxygens (including phenoxy) is 1. The van der Waals surface area contributed by atoms with Crippen molar-refractivity contribution in [2.75, 3.05) is 42.4 Å². The fraction of sp³-hybridized carbons (Fsp3) is 0.172. The van der Waals surface area contributed by atoms with E-state index in [1.807, 2.05) is 43.3 Å². The molecule has 5 rings (SSSR count). The van der Waals surface area contributed by atoms with Crippen LogP contribution in [0.2, 0.25) is 5.02 Å². The van der Waals surface area contributed by atoms with Crippen molar-refractivity contribution in [2.24, 2.45) is 5.11 Å². The molecule has 0 aliphatic rings. The Balaban J connectivity index is 1.60. The summed E-state index contributed by atoms with van der Waals surface area (Å²) >= 11 is 6.32. The van der Waals surface area contributed by atoms with Crippen molar-refractivity contribution in [3.05, 3.63) is 77.8 Å². The van der Waals surface area contributed by atoms with Crippen LogP contribution in [-0.4, -0.2) is 62.2 Å². The number of carbonyl (C=O) groups excluding carboxylic acids is 1. The number of carbonyl (C=O) groups is 1. The minimum absolute atomic E-state index is 0.0615. The van der Waals surface area contributed by atoms with Crippen molar-refractivity contribution in [3.63, 3.8) is 0 Å². The molecule has 0 atom stereocenters. The number of nitrogens with one attached hydrogen (secondary N) is 2. The lowest BCUT2D eigenvalue weighted by atomic mass is 10.1. The first-order valence-corrected chi connectivity index (χ1v) is 15.1. The maximum absolute atomic E-state index is 13.4. The molecule has 2 N–H and O–H groups in total. The molecule has 16 heteroatoms. The molecule has 2 heterocycles. The summed E-state index contributed by atoms with van der Waals surface area (Å²) in [6.45, 7) is 1.02. The van der Waals surface area contributed by atoms with Crippen molar-refractivity contribution >= 4 is 44.9 Å². The van der Waals surface area contributed by atoms with E-state index in [9.17, 15) is 13.2 Å². The normalized spacial score (nSPS) is 11.2. The molecule has 0 saturated carbocycles. The van der Waals surface area contributed by atoms with Crippen LogP contribution < -0.4 is 19.3 Å². The van der Waals surface area contributed by atoms with Gasteiger partial charge in [0.15, 0.2) is 18.2 Å². The number of aromatic nitrogens is 4. The third-order valence-corrected chi connectivity index (χ3v) is 8.52. The highest BCUT2D eigenvalue weighted by Crippen LogP contribution is 2.41. The number of sulfonamides is 1. The van der Waals surface area contributed by atoms with E-state index in [2.05, 4.69) is 20.6 Å². The van der Waals surface area contributed by atoms with Crippen LogP contribution in [0.25, 0.3) is 28.5 Å². The molecule has 3 aromatic carbocycles. The zero-order valence-electron chi connectivity index (χ0n) is 24.6. The van der Waals surface area contributed by atoms with E-state index < -0.39 is 10.0 Å². The van der Waals surface area contributed by atoms with Crippen molar-refractivity contribution in [2.45, 2.75) is 11.8 Å². The summed E-state index contributed by atoms with van der Waals surface area (Å²) in [6.07, 6.45) is 0. The largest absolute Gasteiger partial charge is 0.465 e. The maximum atomic E-state index is 13.4. The standard InChI is InChI=1S/C29H28ClN9O5S/c1-18(40)33-21-10-14-24(15-11-21)45(41,42)38(4)29-35-34-28(44-29)25-27(43-17-32-31)26(19-8-12-22(13-9-19)37(2)3)39(36-25)23-7-5-6-20(30)16-23/h5-16,31H,17H2,1-4H3,(H,33,40). The molecule has 0 unspecified atom stereocenters. The molecule has 0 spiro atoms. The van der Waals surface area contributed by atoms with E-state index in [1.165, 1.54) is 38.2 Å². The maximum Gasteiger partial charge on any atom is 0.332 e. The van der Waals surface area contributed by atoms with Gasteiger partial charge in [0.1, 0.15) is 5.69 Å². The fourth-order valence-corrected chi connectivity index (χ4v) is 5.62. The van der Waals surface area contributed by atoms with Crippen molar-refractivity contribution in [3.8, 4) is 34.3 Å². The first kappa shape index (κ1) is 31.2. The second-order valence-electron chi connectivity index (χ2n) is 9.86. The van der Waals surface area contributed by atoms with Crippen LogP contribution >= 0.6 is 11.6 Å². The molecule has 45 heavy (non-hydrogen) atoms. The molecule has 0 aliphatic heterocycles. The Labute approximate surface area is 263 Å². The van der Waals surface area contributed by atoms with Gasteiger partial charge in [0.25, 0.3) is 15.9 Å². The second-order valence-corrected chi connectivity index (χ2v) is 12.3. The lowest BCUT2D eigenvalue weighted by molar-refractivity contribution is -0.114. The van der Waals surface area contributed by atoms with Crippen LogP contribution in [0.1, 0.15) is 6.92 Å². The summed E-state index contributed by atoms with van der Waals surface area (Å²) in [5.41, 5.74) is 10.6. The topological polar surface area (TPSA) is 172 Å². The predicted molar refractivity (Wildman–Crippen MR) is 169 cm³/mol. The van der Waals surface area contributed by atoms with Crippen LogP contribution in [0.3, 0.4) is 0 Å². The monoisotopic (exact) mass is 649 g/mol. The van der Waals surface area contributed by atoms with Gasteiger partial charge in [0.05, 0.1) is 10.6 Å². The van der Waals surface area contributed by atoms with Crippen LogP contribution in [-0.2, 0) is 14.8 Å². The molecule has 0 radical (unpaired) electrons. The molecule has 0 aliphatic carbocycles. The zero-order chi connectivity index (χ0) is 32.3. The summed E-state index contributed by atoms with van der Waals surface area (Å²) in [5.74, 6) is -0.245. The number of amides is 1. The van der Waals surface area contributed by atoms with Crippen molar-refractivity contribution < 1.29 is 22.4 Å². The van der Waals surface area contributed by atoms with Gasteiger partial charge in [-0.2, -0.15) is 10.2 Å². The van der Waals surface area contributed by atoms with Gasteiger partial charge in [-0.15, -0.1) is 5.10 Å². The molecule has 1 amide bonds. The van der Waals surface area contributed by atoms with Gasteiger partial charge < -0.3 is 19.4 Å². The van der Waals surface area contributed by atoms with Crippen LogP contribution in [0.5, 0.6) is 5.75 Å². The number of hydrogen-bond acceptors (Lipinski definition) is 11. The number of benzene rings is 3. The molecular formula is C29H28ClN9O5S. The molecule has 0 fully saturated rings. The predicted octanol–water partition coefficient (Wildman–Crippen LogP) is 5.46. The summed E-state index contributed by atoms with van der Waals surface area (Å²) < 4.78 is 40.9. The lowest BCUT2D eigenvalue weighted by Gasteiger charge is -2.15. The van der Waals surface area contributed by atoms with Crippen LogP contribution in [0.15, 0.2) is 87.2 Å². The van der Waals surface area contributed by atoms with E-state index in [-0.39, 0.29) is 40.9 Å². The molecule has 5 aromatic rings. The Kier molecular flexibility index (Phi) is 8.83. The number of rotatable bonds is 11. The fourth-order valence-electron chi connectivity index (χ4n) is 4.36. The van der Waals surface area contributed by atoms with E-state index in [4.69, 9.17) is 31.4 Å². The molecule has 0 bridgehead atoms. The lowest BCUT2D eigenvalue weighted by Crippen LogP contribution is -2.26.